The van der Waals surface area contributed by atoms with Crippen LogP contribution in [0.25, 0.3) is 0 Å². The van der Waals surface area contributed by atoms with Gasteiger partial charge < -0.3 is 19.4 Å². The van der Waals surface area contributed by atoms with Gasteiger partial charge in [-0.25, -0.2) is 0 Å². The second kappa shape index (κ2) is 6.34. The van der Waals surface area contributed by atoms with Gasteiger partial charge in [0.1, 0.15) is 17.8 Å². The molecule has 1 atom stereocenters. The number of furan rings is 1. The van der Waals surface area contributed by atoms with Gasteiger partial charge in [0.05, 0.1) is 30.4 Å². The number of hydrogen-bond acceptors (Lipinski definition) is 6. The fourth-order valence-corrected chi connectivity index (χ4v) is 2.35. The molecule has 0 aliphatic rings. The Morgan fingerprint density at radius 3 is 2.59 bits per heavy atom. The first-order chi connectivity index (χ1) is 10.5. The molecule has 2 N–H and O–H groups in total. The molecule has 1 aromatic carbocycles. The van der Waals surface area contributed by atoms with E-state index in [1.165, 1.54) is 31.8 Å². The van der Waals surface area contributed by atoms with E-state index in [0.29, 0.717) is 6.42 Å². The number of methoxy groups -OCH3 is 1. The number of aromatic hydroxyl groups is 2. The van der Waals surface area contributed by atoms with Crippen molar-refractivity contribution in [3.63, 3.8) is 0 Å². The summed E-state index contributed by atoms with van der Waals surface area (Å²) in [5.74, 6) is -2.45. The first-order valence-corrected chi connectivity index (χ1v) is 6.70. The summed E-state index contributed by atoms with van der Waals surface area (Å²) in [6, 6.07) is 3.80. The number of phenols is 2. The molecule has 2 aromatic rings. The van der Waals surface area contributed by atoms with Crippen molar-refractivity contribution in [3.8, 4) is 11.5 Å². The largest absolute Gasteiger partial charge is 0.508 e. The highest BCUT2D eigenvalue weighted by molar-refractivity contribution is 6.12. The molecular formula is C16H16O6. The van der Waals surface area contributed by atoms with Crippen LogP contribution in [0.2, 0.25) is 0 Å². The number of esters is 1. The molecule has 0 saturated carbocycles. The Labute approximate surface area is 126 Å². The van der Waals surface area contributed by atoms with Gasteiger partial charge in [0.2, 0.25) is 0 Å². The van der Waals surface area contributed by atoms with Crippen LogP contribution in [0.15, 0.2) is 35.1 Å². The highest BCUT2D eigenvalue weighted by atomic mass is 16.5. The van der Waals surface area contributed by atoms with Crippen LogP contribution in [0.4, 0.5) is 0 Å². The van der Waals surface area contributed by atoms with Crippen molar-refractivity contribution in [1.29, 1.82) is 0 Å². The minimum absolute atomic E-state index is 0.0450. The van der Waals surface area contributed by atoms with Gasteiger partial charge in [-0.15, -0.1) is 0 Å². The van der Waals surface area contributed by atoms with Crippen molar-refractivity contribution >= 4 is 11.8 Å². The van der Waals surface area contributed by atoms with E-state index in [-0.39, 0.29) is 22.4 Å². The molecule has 1 heterocycles. The van der Waals surface area contributed by atoms with E-state index in [4.69, 9.17) is 9.15 Å². The average Bonchev–Trinajstić information content (AvgIpc) is 3.01. The second-order valence-electron chi connectivity index (χ2n) is 4.75. The van der Waals surface area contributed by atoms with Crippen LogP contribution in [0.1, 0.15) is 40.7 Å². The monoisotopic (exact) mass is 304 g/mol. The molecule has 0 saturated heterocycles. The topological polar surface area (TPSA) is 97.0 Å². The fourth-order valence-electron chi connectivity index (χ4n) is 2.35. The number of rotatable bonds is 5. The standard InChI is InChI=1S/C16H16O6/c1-3-11(16(20)21-2)12-6-10(17)7-13(18)14(12)15(19)9-4-5-22-8-9/h4-8,11,17-18H,3H2,1-2H3. The summed E-state index contributed by atoms with van der Waals surface area (Å²) in [7, 11) is 1.24. The third kappa shape index (κ3) is 2.81. The lowest BCUT2D eigenvalue weighted by molar-refractivity contribution is -0.142. The highest BCUT2D eigenvalue weighted by Crippen LogP contribution is 2.35. The zero-order chi connectivity index (χ0) is 16.3. The first-order valence-electron chi connectivity index (χ1n) is 6.70. The molecule has 6 heteroatoms. The lowest BCUT2D eigenvalue weighted by Crippen LogP contribution is -2.17. The van der Waals surface area contributed by atoms with E-state index in [0.717, 1.165) is 6.07 Å². The van der Waals surface area contributed by atoms with E-state index in [9.17, 15) is 19.8 Å². The molecule has 0 fully saturated rings. The van der Waals surface area contributed by atoms with Gasteiger partial charge in [0.15, 0.2) is 5.78 Å². The Balaban J connectivity index is 2.62. The Kier molecular flexibility index (Phi) is 4.50. The third-order valence-electron chi connectivity index (χ3n) is 3.41. The maximum absolute atomic E-state index is 12.5. The Hall–Kier alpha value is -2.76. The second-order valence-corrected chi connectivity index (χ2v) is 4.75. The molecule has 0 radical (unpaired) electrons. The molecule has 6 nitrogen and oxygen atoms in total. The molecule has 2 rings (SSSR count). The van der Waals surface area contributed by atoms with Gasteiger partial charge in [-0.2, -0.15) is 0 Å². The maximum Gasteiger partial charge on any atom is 0.313 e. The van der Waals surface area contributed by atoms with E-state index >= 15 is 0 Å². The van der Waals surface area contributed by atoms with Crippen molar-refractivity contribution in [3.05, 3.63) is 47.4 Å². The third-order valence-corrected chi connectivity index (χ3v) is 3.41. The minimum Gasteiger partial charge on any atom is -0.508 e. The van der Waals surface area contributed by atoms with Gasteiger partial charge in [-0.3, -0.25) is 9.59 Å². The predicted octanol–water partition coefficient (Wildman–Crippen LogP) is 2.59. The SMILES string of the molecule is CCC(C(=O)OC)c1cc(O)cc(O)c1C(=O)c1ccoc1. The quantitative estimate of drug-likeness (QED) is 0.651. The van der Waals surface area contributed by atoms with Crippen LogP contribution in [0, 0.1) is 0 Å². The van der Waals surface area contributed by atoms with Crippen molar-refractivity contribution in [1.82, 2.24) is 0 Å². The molecule has 0 aliphatic carbocycles. The van der Waals surface area contributed by atoms with Crippen LogP contribution >= 0.6 is 0 Å². The van der Waals surface area contributed by atoms with Gasteiger partial charge in [-0.05, 0) is 24.1 Å². The van der Waals surface area contributed by atoms with Gasteiger partial charge in [0.25, 0.3) is 0 Å². The van der Waals surface area contributed by atoms with E-state index in [1.54, 1.807) is 6.92 Å². The Bertz CT molecular complexity index is 687. The molecule has 1 unspecified atom stereocenters. The van der Waals surface area contributed by atoms with Gasteiger partial charge >= 0.3 is 5.97 Å². The van der Waals surface area contributed by atoms with Crippen LogP contribution in [-0.2, 0) is 9.53 Å². The zero-order valence-electron chi connectivity index (χ0n) is 12.2. The van der Waals surface area contributed by atoms with Crippen LogP contribution in [-0.4, -0.2) is 29.1 Å². The lowest BCUT2D eigenvalue weighted by atomic mass is 9.88. The molecule has 0 amide bonds. The van der Waals surface area contributed by atoms with Gasteiger partial charge in [0, 0.05) is 6.07 Å². The van der Waals surface area contributed by atoms with Crippen LogP contribution in [0.3, 0.4) is 0 Å². The van der Waals surface area contributed by atoms with Crippen molar-refractivity contribution < 1.29 is 29.0 Å². The summed E-state index contributed by atoms with van der Waals surface area (Å²) in [6.07, 6.45) is 2.93. The number of carbonyl (C=O) groups is 2. The van der Waals surface area contributed by atoms with Crippen molar-refractivity contribution in [2.45, 2.75) is 19.3 Å². The number of hydrogen-bond donors (Lipinski definition) is 2. The van der Waals surface area contributed by atoms with Gasteiger partial charge in [-0.1, -0.05) is 6.92 Å². The molecule has 0 aliphatic heterocycles. The minimum atomic E-state index is -0.770. The number of ketones is 1. The normalized spacial score (nSPS) is 11.9. The smallest absolute Gasteiger partial charge is 0.313 e. The van der Waals surface area contributed by atoms with Crippen LogP contribution in [0.5, 0.6) is 11.5 Å². The Morgan fingerprint density at radius 2 is 2.05 bits per heavy atom. The highest BCUT2D eigenvalue weighted by Gasteiger charge is 2.28. The summed E-state index contributed by atoms with van der Waals surface area (Å²) >= 11 is 0. The summed E-state index contributed by atoms with van der Waals surface area (Å²) < 4.78 is 9.60. The molecule has 0 spiro atoms. The number of phenolic OH excluding ortho intramolecular Hbond substituents is 2. The zero-order valence-corrected chi connectivity index (χ0v) is 12.2. The molecule has 0 bridgehead atoms. The molecule has 1 aromatic heterocycles. The number of carbonyl (C=O) groups excluding carboxylic acids is 2. The summed E-state index contributed by atoms with van der Waals surface area (Å²) in [5, 5.41) is 19.8. The summed E-state index contributed by atoms with van der Waals surface area (Å²) in [6.45, 7) is 1.74. The van der Waals surface area contributed by atoms with Crippen molar-refractivity contribution in [2.75, 3.05) is 7.11 Å². The predicted molar refractivity (Wildman–Crippen MR) is 77.0 cm³/mol. The number of ether oxygens (including phenoxy) is 1. The summed E-state index contributed by atoms with van der Waals surface area (Å²) in [4.78, 5) is 24.5. The van der Waals surface area contributed by atoms with E-state index in [1.807, 2.05) is 0 Å². The number of benzene rings is 1. The summed E-state index contributed by atoms with van der Waals surface area (Å²) in [5.41, 5.74) is 0.413. The molecule has 22 heavy (non-hydrogen) atoms. The lowest BCUT2D eigenvalue weighted by Gasteiger charge is -2.17. The maximum atomic E-state index is 12.5. The molecule has 116 valence electrons. The average molecular weight is 304 g/mol. The molecular weight excluding hydrogens is 288 g/mol. The Morgan fingerprint density at radius 1 is 1.32 bits per heavy atom. The van der Waals surface area contributed by atoms with E-state index < -0.39 is 23.4 Å². The first kappa shape index (κ1) is 15.6. The van der Waals surface area contributed by atoms with Crippen LogP contribution < -0.4 is 0 Å². The van der Waals surface area contributed by atoms with Crippen molar-refractivity contribution in [2.24, 2.45) is 0 Å². The fraction of sp³-hybridized carbons (Fsp3) is 0.250. The van der Waals surface area contributed by atoms with E-state index in [2.05, 4.69) is 0 Å².